The van der Waals surface area contributed by atoms with Crippen LogP contribution >= 0.6 is 0 Å². The number of likely N-dealkylation sites (tertiary alicyclic amines) is 1. The highest BCUT2D eigenvalue weighted by molar-refractivity contribution is 5.24. The van der Waals surface area contributed by atoms with Gasteiger partial charge in [0.05, 0.1) is 6.61 Å². The zero-order valence-electron chi connectivity index (χ0n) is 11.7. The number of ether oxygens (including phenoxy) is 1. The number of aliphatic hydroxyl groups is 1. The molecule has 1 aliphatic heterocycles. The van der Waals surface area contributed by atoms with Crippen LogP contribution in [0.1, 0.15) is 38.2 Å². The fraction of sp³-hybridized carbons (Fsp3) is 0.667. The molecule has 1 aliphatic rings. The third kappa shape index (κ3) is 4.18. The molecule has 2 heterocycles. The van der Waals surface area contributed by atoms with Crippen LogP contribution in [-0.4, -0.2) is 40.7 Å². The van der Waals surface area contributed by atoms with Gasteiger partial charge < -0.3 is 9.84 Å². The van der Waals surface area contributed by atoms with Crippen LogP contribution in [0, 0.1) is 0 Å². The number of pyridine rings is 1. The Labute approximate surface area is 115 Å². The van der Waals surface area contributed by atoms with Crippen molar-refractivity contribution in [3.05, 3.63) is 23.9 Å². The number of aromatic nitrogens is 1. The molecule has 0 saturated carbocycles. The van der Waals surface area contributed by atoms with Crippen LogP contribution in [-0.2, 0) is 6.61 Å². The minimum absolute atomic E-state index is 0.0184. The van der Waals surface area contributed by atoms with Crippen LogP contribution < -0.4 is 4.74 Å². The Balaban J connectivity index is 1.91. The Morgan fingerprint density at radius 2 is 2.42 bits per heavy atom. The van der Waals surface area contributed by atoms with E-state index in [0.29, 0.717) is 5.88 Å². The molecule has 0 spiro atoms. The molecule has 0 aliphatic carbocycles. The molecule has 0 radical (unpaired) electrons. The van der Waals surface area contributed by atoms with Crippen molar-refractivity contribution in [2.24, 2.45) is 0 Å². The highest BCUT2D eigenvalue weighted by Gasteiger charge is 2.21. The van der Waals surface area contributed by atoms with E-state index >= 15 is 0 Å². The van der Waals surface area contributed by atoms with E-state index in [-0.39, 0.29) is 12.7 Å². The monoisotopic (exact) mass is 264 g/mol. The van der Waals surface area contributed by atoms with E-state index in [4.69, 9.17) is 4.74 Å². The van der Waals surface area contributed by atoms with Gasteiger partial charge in [-0.1, -0.05) is 13.3 Å². The number of piperidine rings is 1. The average Bonchev–Trinajstić information content (AvgIpc) is 2.46. The van der Waals surface area contributed by atoms with Gasteiger partial charge in [-0.2, -0.15) is 0 Å². The predicted octanol–water partition coefficient (Wildman–Crippen LogP) is 2.22. The van der Waals surface area contributed by atoms with E-state index in [1.54, 1.807) is 6.20 Å². The Bertz CT molecular complexity index is 384. The van der Waals surface area contributed by atoms with Gasteiger partial charge >= 0.3 is 0 Å². The number of unbranched alkanes of at least 4 members (excludes halogenated alkanes) is 1. The maximum atomic E-state index is 9.29. The lowest BCUT2D eigenvalue weighted by Gasteiger charge is -2.32. The van der Waals surface area contributed by atoms with Crippen LogP contribution in [0.2, 0.25) is 0 Å². The zero-order chi connectivity index (χ0) is 13.5. The lowest BCUT2D eigenvalue weighted by molar-refractivity contribution is 0.0821. The van der Waals surface area contributed by atoms with Gasteiger partial charge in [0.15, 0.2) is 0 Å². The van der Waals surface area contributed by atoms with Gasteiger partial charge in [0.25, 0.3) is 0 Å². The fourth-order valence-corrected chi connectivity index (χ4v) is 2.50. The van der Waals surface area contributed by atoms with Gasteiger partial charge in [-0.3, -0.25) is 4.90 Å². The topological polar surface area (TPSA) is 45.6 Å². The Kier molecular flexibility index (Phi) is 5.61. The number of hydrogen-bond acceptors (Lipinski definition) is 4. The minimum atomic E-state index is -0.0184. The van der Waals surface area contributed by atoms with E-state index in [1.165, 1.54) is 25.8 Å². The van der Waals surface area contributed by atoms with Gasteiger partial charge in [-0.15, -0.1) is 0 Å². The summed E-state index contributed by atoms with van der Waals surface area (Å²) < 4.78 is 5.97. The molecule has 1 unspecified atom stereocenters. The molecule has 1 aromatic heterocycles. The summed E-state index contributed by atoms with van der Waals surface area (Å²) in [6.45, 7) is 5.51. The van der Waals surface area contributed by atoms with Crippen LogP contribution in [0.3, 0.4) is 0 Å². The Hall–Kier alpha value is -1.13. The molecule has 1 saturated heterocycles. The summed E-state index contributed by atoms with van der Waals surface area (Å²) in [7, 11) is 0. The molecule has 0 bridgehead atoms. The van der Waals surface area contributed by atoms with Crippen LogP contribution in [0.15, 0.2) is 18.3 Å². The molecule has 4 nitrogen and oxygen atoms in total. The fourth-order valence-electron chi connectivity index (χ4n) is 2.50. The van der Waals surface area contributed by atoms with Crippen molar-refractivity contribution < 1.29 is 9.84 Å². The largest absolute Gasteiger partial charge is 0.473 e. The molecule has 1 atom stereocenters. The summed E-state index contributed by atoms with van der Waals surface area (Å²) in [5, 5.41) is 9.29. The number of nitrogens with zero attached hydrogens (tertiary/aromatic N) is 2. The van der Waals surface area contributed by atoms with Crippen molar-refractivity contribution in [1.82, 2.24) is 9.88 Å². The van der Waals surface area contributed by atoms with Crippen molar-refractivity contribution in [2.45, 2.75) is 45.3 Å². The lowest BCUT2D eigenvalue weighted by atomic mass is 10.1. The maximum Gasteiger partial charge on any atom is 0.219 e. The summed E-state index contributed by atoms with van der Waals surface area (Å²) in [6, 6.07) is 3.69. The molecule has 0 aromatic carbocycles. The SMILES string of the molecule is CCCCN1CCCC(Oc2ncccc2CO)C1. The molecular formula is C15H24N2O2. The van der Waals surface area contributed by atoms with Crippen molar-refractivity contribution in [1.29, 1.82) is 0 Å². The minimum Gasteiger partial charge on any atom is -0.473 e. The third-order valence-corrected chi connectivity index (χ3v) is 3.59. The lowest BCUT2D eigenvalue weighted by Crippen LogP contribution is -2.41. The number of hydrogen-bond donors (Lipinski definition) is 1. The second-order valence-corrected chi connectivity index (χ2v) is 5.16. The Morgan fingerprint density at radius 3 is 3.21 bits per heavy atom. The smallest absolute Gasteiger partial charge is 0.219 e. The molecule has 1 aromatic rings. The van der Waals surface area contributed by atoms with E-state index < -0.39 is 0 Å². The average molecular weight is 264 g/mol. The second kappa shape index (κ2) is 7.46. The molecule has 1 N–H and O–H groups in total. The first-order valence-electron chi connectivity index (χ1n) is 7.27. The quantitative estimate of drug-likeness (QED) is 0.855. The van der Waals surface area contributed by atoms with Crippen molar-refractivity contribution in [2.75, 3.05) is 19.6 Å². The van der Waals surface area contributed by atoms with E-state index in [1.807, 2.05) is 12.1 Å². The van der Waals surface area contributed by atoms with E-state index in [2.05, 4.69) is 16.8 Å². The van der Waals surface area contributed by atoms with Crippen molar-refractivity contribution in [3.8, 4) is 5.88 Å². The highest BCUT2D eigenvalue weighted by Crippen LogP contribution is 2.20. The first-order valence-corrected chi connectivity index (χ1v) is 7.27. The van der Waals surface area contributed by atoms with Crippen LogP contribution in [0.25, 0.3) is 0 Å². The standard InChI is InChI=1S/C15H24N2O2/c1-2-3-9-17-10-5-7-14(11-17)19-15-13(12-18)6-4-8-16-15/h4,6,8,14,18H,2-3,5,7,9-12H2,1H3. The van der Waals surface area contributed by atoms with Gasteiger partial charge in [0, 0.05) is 18.3 Å². The Morgan fingerprint density at radius 1 is 1.53 bits per heavy atom. The molecule has 106 valence electrons. The highest BCUT2D eigenvalue weighted by atomic mass is 16.5. The van der Waals surface area contributed by atoms with Crippen molar-refractivity contribution in [3.63, 3.8) is 0 Å². The molecule has 19 heavy (non-hydrogen) atoms. The molecule has 4 heteroatoms. The van der Waals surface area contributed by atoms with Gasteiger partial charge in [0.1, 0.15) is 6.10 Å². The number of rotatable bonds is 6. The van der Waals surface area contributed by atoms with Crippen LogP contribution in [0.5, 0.6) is 5.88 Å². The van der Waals surface area contributed by atoms with Gasteiger partial charge in [0.2, 0.25) is 5.88 Å². The van der Waals surface area contributed by atoms with Crippen LogP contribution in [0.4, 0.5) is 0 Å². The van der Waals surface area contributed by atoms with E-state index in [9.17, 15) is 5.11 Å². The summed E-state index contributed by atoms with van der Waals surface area (Å²) in [4.78, 5) is 6.70. The third-order valence-electron chi connectivity index (χ3n) is 3.59. The summed E-state index contributed by atoms with van der Waals surface area (Å²) in [5.74, 6) is 0.590. The van der Waals surface area contributed by atoms with Gasteiger partial charge in [-0.05, 0) is 44.5 Å². The molecular weight excluding hydrogens is 240 g/mol. The summed E-state index contributed by atoms with van der Waals surface area (Å²) >= 11 is 0. The molecule has 1 fully saturated rings. The molecule has 0 amide bonds. The van der Waals surface area contributed by atoms with Gasteiger partial charge in [-0.25, -0.2) is 4.98 Å². The molecule has 2 rings (SSSR count). The normalized spacial score (nSPS) is 20.4. The maximum absolute atomic E-state index is 9.29. The summed E-state index contributed by atoms with van der Waals surface area (Å²) in [6.07, 6.45) is 6.65. The first kappa shape index (κ1) is 14.3. The zero-order valence-corrected chi connectivity index (χ0v) is 11.7. The van der Waals surface area contributed by atoms with E-state index in [0.717, 1.165) is 25.1 Å². The summed E-state index contributed by atoms with van der Waals surface area (Å²) in [5.41, 5.74) is 0.771. The van der Waals surface area contributed by atoms with Crippen molar-refractivity contribution >= 4 is 0 Å². The second-order valence-electron chi connectivity index (χ2n) is 5.16. The predicted molar refractivity (Wildman–Crippen MR) is 75.2 cm³/mol. The first-order chi connectivity index (χ1) is 9.33. The number of aliphatic hydroxyl groups excluding tert-OH is 1.